The highest BCUT2D eigenvalue weighted by Crippen LogP contribution is 2.24. The summed E-state index contributed by atoms with van der Waals surface area (Å²) in [5, 5.41) is 7.68. The van der Waals surface area contributed by atoms with E-state index in [-0.39, 0.29) is 5.82 Å². The molecule has 0 radical (unpaired) electrons. The summed E-state index contributed by atoms with van der Waals surface area (Å²) in [5.74, 6) is 0.927. The second kappa shape index (κ2) is 8.80. The lowest BCUT2D eigenvalue weighted by Gasteiger charge is -2.07. The summed E-state index contributed by atoms with van der Waals surface area (Å²) in [6, 6.07) is 24.1. The molecule has 30 heavy (non-hydrogen) atoms. The Labute approximate surface area is 179 Å². The van der Waals surface area contributed by atoms with Crippen LogP contribution in [0.1, 0.15) is 17.5 Å². The van der Waals surface area contributed by atoms with Crippen LogP contribution in [0.2, 0.25) is 5.02 Å². The van der Waals surface area contributed by atoms with Crippen molar-refractivity contribution in [2.24, 2.45) is 0 Å². The normalized spacial score (nSPS) is 10.6. The molecule has 0 unspecified atom stereocenters. The quantitative estimate of drug-likeness (QED) is 0.465. The zero-order chi connectivity index (χ0) is 20.9. The van der Waals surface area contributed by atoms with Crippen LogP contribution >= 0.6 is 11.6 Å². The lowest BCUT2D eigenvalue weighted by atomic mass is 10.2. The zero-order valence-electron chi connectivity index (χ0n) is 16.2. The monoisotopic (exact) mass is 418 g/mol. The summed E-state index contributed by atoms with van der Waals surface area (Å²) >= 11 is 6.15. The predicted octanol–water partition coefficient (Wildman–Crippen LogP) is 5.24. The molecule has 0 aliphatic carbocycles. The summed E-state index contributed by atoms with van der Waals surface area (Å²) < 4.78 is 7.16. The fourth-order valence-electron chi connectivity index (χ4n) is 2.95. The third kappa shape index (κ3) is 4.18. The SMILES string of the molecule is CCOc1ccc(-n2nc(C(=O)Nc3ccccc3Cl)nc2-c2ccccc2)cc1. The molecule has 0 aliphatic heterocycles. The molecule has 0 atom stereocenters. The molecule has 0 spiro atoms. The third-order valence-corrected chi connectivity index (χ3v) is 4.69. The van der Waals surface area contributed by atoms with Crippen LogP contribution in [0.25, 0.3) is 17.1 Å². The van der Waals surface area contributed by atoms with E-state index in [0.717, 1.165) is 17.0 Å². The van der Waals surface area contributed by atoms with Crippen molar-refractivity contribution in [2.75, 3.05) is 11.9 Å². The Morgan fingerprint density at radius 3 is 2.40 bits per heavy atom. The fraction of sp³-hybridized carbons (Fsp3) is 0.0870. The maximum Gasteiger partial charge on any atom is 0.295 e. The lowest BCUT2D eigenvalue weighted by molar-refractivity contribution is 0.101. The molecular weight excluding hydrogens is 400 g/mol. The van der Waals surface area contributed by atoms with Crippen LogP contribution in [0.3, 0.4) is 0 Å². The van der Waals surface area contributed by atoms with Crippen molar-refractivity contribution in [3.05, 3.63) is 89.7 Å². The van der Waals surface area contributed by atoms with Crippen LogP contribution in [-0.4, -0.2) is 27.3 Å². The van der Waals surface area contributed by atoms with Gasteiger partial charge in [-0.1, -0.05) is 54.1 Å². The first-order valence-corrected chi connectivity index (χ1v) is 9.85. The van der Waals surface area contributed by atoms with Gasteiger partial charge in [0.1, 0.15) is 5.75 Å². The Morgan fingerprint density at radius 1 is 1.00 bits per heavy atom. The molecule has 0 saturated carbocycles. The van der Waals surface area contributed by atoms with Crippen molar-refractivity contribution >= 4 is 23.2 Å². The highest BCUT2D eigenvalue weighted by Gasteiger charge is 2.19. The molecule has 0 bridgehead atoms. The number of benzene rings is 3. The van der Waals surface area contributed by atoms with Crippen LogP contribution in [0.5, 0.6) is 5.75 Å². The minimum absolute atomic E-state index is 0.0441. The molecule has 150 valence electrons. The number of para-hydroxylation sites is 1. The standard InChI is InChI=1S/C23H19ClN4O2/c1-2-30-18-14-12-17(13-15-18)28-22(16-8-4-3-5-9-16)26-21(27-28)23(29)25-20-11-7-6-10-19(20)24/h3-15H,2H2,1H3,(H,25,29). The smallest absolute Gasteiger partial charge is 0.295 e. The number of carbonyl (C=O) groups is 1. The highest BCUT2D eigenvalue weighted by molar-refractivity contribution is 6.33. The van der Waals surface area contributed by atoms with Gasteiger partial charge in [-0.3, -0.25) is 4.79 Å². The Morgan fingerprint density at radius 2 is 1.70 bits per heavy atom. The molecular formula is C23H19ClN4O2. The summed E-state index contributed by atoms with van der Waals surface area (Å²) in [6.07, 6.45) is 0. The van der Waals surface area contributed by atoms with Crippen LogP contribution in [0.15, 0.2) is 78.9 Å². The molecule has 1 N–H and O–H groups in total. The van der Waals surface area contributed by atoms with Crippen LogP contribution in [0.4, 0.5) is 5.69 Å². The maximum atomic E-state index is 12.8. The molecule has 1 amide bonds. The minimum atomic E-state index is -0.440. The van der Waals surface area contributed by atoms with Gasteiger partial charge in [0.05, 0.1) is 23.0 Å². The molecule has 0 saturated heterocycles. The molecule has 1 aromatic heterocycles. The first kappa shape index (κ1) is 19.7. The van der Waals surface area contributed by atoms with E-state index in [2.05, 4.69) is 15.4 Å². The van der Waals surface area contributed by atoms with E-state index in [0.29, 0.717) is 23.1 Å². The van der Waals surface area contributed by atoms with Crippen LogP contribution in [-0.2, 0) is 0 Å². The van der Waals surface area contributed by atoms with Gasteiger partial charge in [-0.2, -0.15) is 0 Å². The number of hydrogen-bond donors (Lipinski definition) is 1. The van der Waals surface area contributed by atoms with Gasteiger partial charge in [-0.25, -0.2) is 9.67 Å². The Bertz CT molecular complexity index is 1160. The summed E-state index contributed by atoms with van der Waals surface area (Å²) in [4.78, 5) is 17.3. The predicted molar refractivity (Wildman–Crippen MR) is 117 cm³/mol. The summed E-state index contributed by atoms with van der Waals surface area (Å²) in [5.41, 5.74) is 2.11. The van der Waals surface area contributed by atoms with Gasteiger partial charge in [0, 0.05) is 5.56 Å². The van der Waals surface area contributed by atoms with E-state index in [1.165, 1.54) is 0 Å². The number of aromatic nitrogens is 3. The van der Waals surface area contributed by atoms with Gasteiger partial charge in [-0.15, -0.1) is 5.10 Å². The van der Waals surface area contributed by atoms with E-state index in [9.17, 15) is 4.79 Å². The number of hydrogen-bond acceptors (Lipinski definition) is 4. The van der Waals surface area contributed by atoms with Crippen molar-refractivity contribution in [3.8, 4) is 22.8 Å². The van der Waals surface area contributed by atoms with Gasteiger partial charge in [0.15, 0.2) is 5.82 Å². The van der Waals surface area contributed by atoms with E-state index in [1.807, 2.05) is 61.5 Å². The van der Waals surface area contributed by atoms with Crippen molar-refractivity contribution in [1.29, 1.82) is 0 Å². The molecule has 4 rings (SSSR count). The molecule has 3 aromatic carbocycles. The largest absolute Gasteiger partial charge is 0.494 e. The number of amides is 1. The van der Waals surface area contributed by atoms with Gasteiger partial charge >= 0.3 is 0 Å². The first-order chi connectivity index (χ1) is 14.7. The highest BCUT2D eigenvalue weighted by atomic mass is 35.5. The van der Waals surface area contributed by atoms with Crippen LogP contribution in [0, 0.1) is 0 Å². The number of anilines is 1. The van der Waals surface area contributed by atoms with Crippen molar-refractivity contribution < 1.29 is 9.53 Å². The van der Waals surface area contributed by atoms with Crippen molar-refractivity contribution in [1.82, 2.24) is 14.8 Å². The minimum Gasteiger partial charge on any atom is -0.494 e. The first-order valence-electron chi connectivity index (χ1n) is 9.47. The third-order valence-electron chi connectivity index (χ3n) is 4.36. The number of rotatable bonds is 6. The molecule has 0 aliphatic rings. The Hall–Kier alpha value is -3.64. The lowest BCUT2D eigenvalue weighted by Crippen LogP contribution is -2.14. The average Bonchev–Trinajstić information content (AvgIpc) is 3.22. The second-order valence-electron chi connectivity index (χ2n) is 6.40. The number of halogens is 1. The molecule has 1 heterocycles. The van der Waals surface area contributed by atoms with E-state index in [4.69, 9.17) is 16.3 Å². The molecule has 4 aromatic rings. The second-order valence-corrected chi connectivity index (χ2v) is 6.80. The van der Waals surface area contributed by atoms with Crippen molar-refractivity contribution in [3.63, 3.8) is 0 Å². The Kier molecular flexibility index (Phi) is 5.77. The Balaban J connectivity index is 1.72. The van der Waals surface area contributed by atoms with E-state index in [1.54, 1.807) is 28.9 Å². The average molecular weight is 419 g/mol. The van der Waals surface area contributed by atoms with E-state index >= 15 is 0 Å². The maximum absolute atomic E-state index is 12.8. The summed E-state index contributed by atoms with van der Waals surface area (Å²) in [7, 11) is 0. The number of ether oxygens (including phenoxy) is 1. The van der Waals surface area contributed by atoms with Gasteiger partial charge in [-0.05, 0) is 43.3 Å². The van der Waals surface area contributed by atoms with Crippen LogP contribution < -0.4 is 10.1 Å². The number of nitrogens with one attached hydrogen (secondary N) is 1. The summed E-state index contributed by atoms with van der Waals surface area (Å²) in [6.45, 7) is 2.52. The fourth-order valence-corrected chi connectivity index (χ4v) is 3.14. The van der Waals surface area contributed by atoms with Crippen molar-refractivity contribution in [2.45, 2.75) is 6.92 Å². The molecule has 6 nitrogen and oxygen atoms in total. The van der Waals surface area contributed by atoms with Gasteiger partial charge in [0.2, 0.25) is 5.82 Å². The zero-order valence-corrected chi connectivity index (χ0v) is 17.0. The topological polar surface area (TPSA) is 69.0 Å². The molecule has 0 fully saturated rings. The number of nitrogens with zero attached hydrogens (tertiary/aromatic N) is 3. The van der Waals surface area contributed by atoms with Gasteiger partial charge < -0.3 is 10.1 Å². The number of carbonyl (C=O) groups excluding carboxylic acids is 1. The van der Waals surface area contributed by atoms with Gasteiger partial charge in [0.25, 0.3) is 5.91 Å². The molecule has 7 heteroatoms. The van der Waals surface area contributed by atoms with E-state index < -0.39 is 5.91 Å².